The Labute approximate surface area is 132 Å². The summed E-state index contributed by atoms with van der Waals surface area (Å²) in [6, 6.07) is 8.49. The SMILES string of the molecule is CC(CC(C)(NC1CC1)C(=O)O)Sc1cccc(Br)c1. The first kappa shape index (κ1) is 15.9. The molecule has 2 atom stereocenters. The number of rotatable bonds is 7. The van der Waals surface area contributed by atoms with Gasteiger partial charge in [-0.2, -0.15) is 0 Å². The molecule has 5 heteroatoms. The zero-order chi connectivity index (χ0) is 14.8. The molecule has 2 unspecified atom stereocenters. The lowest BCUT2D eigenvalue weighted by atomic mass is 9.96. The van der Waals surface area contributed by atoms with Crippen LogP contribution in [0, 0.1) is 0 Å². The Kier molecular flexibility index (Phi) is 5.15. The van der Waals surface area contributed by atoms with E-state index in [-0.39, 0.29) is 5.25 Å². The smallest absolute Gasteiger partial charge is 0.323 e. The minimum absolute atomic E-state index is 0.233. The van der Waals surface area contributed by atoms with Gasteiger partial charge in [-0.05, 0) is 44.4 Å². The highest BCUT2D eigenvalue weighted by Gasteiger charge is 2.39. The third-order valence-corrected chi connectivity index (χ3v) is 4.99. The zero-order valence-electron chi connectivity index (χ0n) is 11.7. The minimum atomic E-state index is -0.834. The van der Waals surface area contributed by atoms with Crippen LogP contribution in [0.1, 0.15) is 33.1 Å². The summed E-state index contributed by atoms with van der Waals surface area (Å²) in [6.07, 6.45) is 2.79. The largest absolute Gasteiger partial charge is 0.480 e. The van der Waals surface area contributed by atoms with E-state index in [1.807, 2.05) is 12.1 Å². The Morgan fingerprint density at radius 2 is 2.30 bits per heavy atom. The highest BCUT2D eigenvalue weighted by atomic mass is 79.9. The van der Waals surface area contributed by atoms with Gasteiger partial charge in [-0.3, -0.25) is 10.1 Å². The van der Waals surface area contributed by atoms with Crippen LogP contribution in [0.3, 0.4) is 0 Å². The number of aliphatic carboxylic acids is 1. The average molecular weight is 358 g/mol. The van der Waals surface area contributed by atoms with Crippen LogP contribution in [0.15, 0.2) is 33.6 Å². The van der Waals surface area contributed by atoms with E-state index in [4.69, 9.17) is 0 Å². The van der Waals surface area contributed by atoms with Crippen molar-refractivity contribution in [1.82, 2.24) is 5.32 Å². The molecule has 0 saturated heterocycles. The van der Waals surface area contributed by atoms with Crippen LogP contribution in [-0.2, 0) is 4.79 Å². The molecule has 1 fully saturated rings. The summed E-state index contributed by atoms with van der Waals surface area (Å²) < 4.78 is 1.05. The van der Waals surface area contributed by atoms with E-state index in [1.54, 1.807) is 18.7 Å². The molecule has 0 spiro atoms. The summed E-state index contributed by atoms with van der Waals surface area (Å²) in [5, 5.41) is 13.0. The van der Waals surface area contributed by atoms with Crippen LogP contribution < -0.4 is 5.32 Å². The van der Waals surface area contributed by atoms with Gasteiger partial charge in [0.25, 0.3) is 0 Å². The molecule has 0 aromatic heterocycles. The molecule has 0 aliphatic heterocycles. The number of nitrogens with one attached hydrogen (secondary N) is 1. The molecule has 2 N–H and O–H groups in total. The van der Waals surface area contributed by atoms with E-state index in [0.29, 0.717) is 12.5 Å². The molecule has 0 radical (unpaired) electrons. The number of hydrogen-bond donors (Lipinski definition) is 2. The third kappa shape index (κ3) is 4.50. The fourth-order valence-corrected chi connectivity index (χ4v) is 4.06. The lowest BCUT2D eigenvalue weighted by molar-refractivity contribution is -0.144. The van der Waals surface area contributed by atoms with Gasteiger partial charge in [0.15, 0.2) is 0 Å². The molecule has 1 saturated carbocycles. The standard InChI is InChI=1S/C15H20BrNO2S/c1-10(20-13-5-3-4-11(16)8-13)9-15(2,14(18)19)17-12-6-7-12/h3-5,8,10,12,17H,6-7,9H2,1-2H3,(H,18,19). The van der Waals surface area contributed by atoms with Gasteiger partial charge in [0.2, 0.25) is 0 Å². The van der Waals surface area contributed by atoms with Gasteiger partial charge in [0.1, 0.15) is 5.54 Å². The number of benzene rings is 1. The lowest BCUT2D eigenvalue weighted by Crippen LogP contribution is -2.51. The van der Waals surface area contributed by atoms with Crippen LogP contribution in [-0.4, -0.2) is 27.9 Å². The second-order valence-electron chi connectivity index (χ2n) is 5.65. The molecule has 1 aliphatic rings. The number of halogens is 1. The lowest BCUT2D eigenvalue weighted by Gasteiger charge is -2.29. The van der Waals surface area contributed by atoms with Gasteiger partial charge in [0.05, 0.1) is 0 Å². The van der Waals surface area contributed by atoms with Crippen molar-refractivity contribution in [2.75, 3.05) is 0 Å². The summed E-state index contributed by atoms with van der Waals surface area (Å²) in [5.41, 5.74) is -0.834. The summed E-state index contributed by atoms with van der Waals surface area (Å²) >= 11 is 5.17. The Morgan fingerprint density at radius 1 is 1.60 bits per heavy atom. The van der Waals surface area contributed by atoms with Gasteiger partial charge < -0.3 is 5.11 Å². The third-order valence-electron chi connectivity index (χ3n) is 3.40. The molecule has 3 nitrogen and oxygen atoms in total. The van der Waals surface area contributed by atoms with Gasteiger partial charge >= 0.3 is 5.97 Å². The predicted molar refractivity (Wildman–Crippen MR) is 86.3 cm³/mol. The quantitative estimate of drug-likeness (QED) is 0.726. The second-order valence-corrected chi connectivity index (χ2v) is 8.07. The first-order valence-electron chi connectivity index (χ1n) is 6.82. The second kappa shape index (κ2) is 6.50. The zero-order valence-corrected chi connectivity index (χ0v) is 14.1. The Balaban J connectivity index is 1.97. The van der Waals surface area contributed by atoms with Crippen LogP contribution >= 0.6 is 27.7 Å². The number of carboxylic acids is 1. The van der Waals surface area contributed by atoms with E-state index in [1.165, 1.54) is 0 Å². The van der Waals surface area contributed by atoms with Crippen LogP contribution in [0.4, 0.5) is 0 Å². The number of carboxylic acid groups (broad SMARTS) is 1. The molecule has 0 heterocycles. The molecule has 1 aromatic carbocycles. The van der Waals surface area contributed by atoms with E-state index in [0.717, 1.165) is 22.2 Å². The maximum absolute atomic E-state index is 11.5. The Bertz CT molecular complexity index is 493. The first-order valence-corrected chi connectivity index (χ1v) is 8.49. The minimum Gasteiger partial charge on any atom is -0.480 e. The van der Waals surface area contributed by atoms with E-state index in [9.17, 15) is 9.90 Å². The molecule has 110 valence electrons. The van der Waals surface area contributed by atoms with Crippen molar-refractivity contribution in [2.24, 2.45) is 0 Å². The number of thioether (sulfide) groups is 1. The maximum atomic E-state index is 11.5. The molecular formula is C15H20BrNO2S. The van der Waals surface area contributed by atoms with Gasteiger partial charge in [0, 0.05) is 20.7 Å². The average Bonchev–Trinajstić information content (AvgIpc) is 3.12. The fourth-order valence-electron chi connectivity index (χ4n) is 2.28. The molecule has 0 amide bonds. The van der Waals surface area contributed by atoms with Crippen LogP contribution in [0.5, 0.6) is 0 Å². The van der Waals surface area contributed by atoms with Gasteiger partial charge in [-0.1, -0.05) is 28.9 Å². The van der Waals surface area contributed by atoms with Crippen LogP contribution in [0.25, 0.3) is 0 Å². The highest BCUT2D eigenvalue weighted by molar-refractivity contribution is 9.10. The fraction of sp³-hybridized carbons (Fsp3) is 0.533. The van der Waals surface area contributed by atoms with Crippen molar-refractivity contribution >= 4 is 33.7 Å². The van der Waals surface area contributed by atoms with Crippen molar-refractivity contribution in [3.8, 4) is 0 Å². The summed E-state index contributed by atoms with van der Waals surface area (Å²) in [7, 11) is 0. The summed E-state index contributed by atoms with van der Waals surface area (Å²) in [6.45, 7) is 3.88. The molecule has 20 heavy (non-hydrogen) atoms. The molecular weight excluding hydrogens is 338 g/mol. The predicted octanol–water partition coefficient (Wildman–Crippen LogP) is 3.92. The molecule has 1 aromatic rings. The summed E-state index contributed by atoms with van der Waals surface area (Å²) in [4.78, 5) is 12.7. The molecule has 0 bridgehead atoms. The highest BCUT2D eigenvalue weighted by Crippen LogP contribution is 2.32. The van der Waals surface area contributed by atoms with E-state index < -0.39 is 11.5 Å². The monoisotopic (exact) mass is 357 g/mol. The normalized spacial score (nSPS) is 19.4. The summed E-state index contributed by atoms with van der Waals surface area (Å²) in [5.74, 6) is -0.758. The molecule has 1 aliphatic carbocycles. The van der Waals surface area contributed by atoms with E-state index >= 15 is 0 Å². The maximum Gasteiger partial charge on any atom is 0.323 e. The Morgan fingerprint density at radius 3 is 2.85 bits per heavy atom. The van der Waals surface area contributed by atoms with Gasteiger partial charge in [-0.25, -0.2) is 0 Å². The van der Waals surface area contributed by atoms with Crippen LogP contribution in [0.2, 0.25) is 0 Å². The van der Waals surface area contributed by atoms with E-state index in [2.05, 4.69) is 40.3 Å². The topological polar surface area (TPSA) is 49.3 Å². The molecule has 2 rings (SSSR count). The van der Waals surface area contributed by atoms with Crippen molar-refractivity contribution < 1.29 is 9.90 Å². The van der Waals surface area contributed by atoms with Crippen molar-refractivity contribution in [3.05, 3.63) is 28.7 Å². The van der Waals surface area contributed by atoms with Crippen molar-refractivity contribution in [1.29, 1.82) is 0 Å². The van der Waals surface area contributed by atoms with Crippen molar-refractivity contribution in [2.45, 2.75) is 54.8 Å². The van der Waals surface area contributed by atoms with Gasteiger partial charge in [-0.15, -0.1) is 11.8 Å². The van der Waals surface area contributed by atoms with Crippen molar-refractivity contribution in [3.63, 3.8) is 0 Å². The number of hydrogen-bond acceptors (Lipinski definition) is 3. The first-order chi connectivity index (χ1) is 9.39. The Hall–Kier alpha value is -0.520. The number of carbonyl (C=O) groups is 1.